The van der Waals surface area contributed by atoms with Gasteiger partial charge in [0.1, 0.15) is 29.6 Å². The molecule has 0 heterocycles. The maximum Gasteiger partial charge on any atom is 0.508 e. The van der Waals surface area contributed by atoms with Crippen LogP contribution < -0.4 is 18.9 Å². The zero-order chi connectivity index (χ0) is 44.5. The number of carbonyl (C=O) groups excluding carboxylic acids is 2. The van der Waals surface area contributed by atoms with E-state index in [1.807, 2.05) is 190 Å². The fourth-order valence-corrected chi connectivity index (χ4v) is 3.19. The van der Waals surface area contributed by atoms with Crippen molar-refractivity contribution in [2.24, 2.45) is 0 Å². The van der Waals surface area contributed by atoms with Crippen molar-refractivity contribution in [3.63, 3.8) is 0 Å². The third-order valence-corrected chi connectivity index (χ3v) is 5.56. The number of para-hydroxylation sites is 4. The van der Waals surface area contributed by atoms with Gasteiger partial charge in [-0.2, -0.15) is 0 Å². The Balaban J connectivity index is -0.000000192. The number of rotatable bonds is 10. The van der Waals surface area contributed by atoms with Crippen molar-refractivity contribution in [1.82, 2.24) is 4.90 Å². The molecule has 0 N–H and O–H groups in total. The highest BCUT2D eigenvalue weighted by atomic mass is 16.7. The molecule has 0 saturated heterocycles. The molecule has 4 aromatic rings. The highest BCUT2D eigenvalue weighted by Gasteiger charge is 2.04. The molecular weight excluding hydrogens is 723 g/mol. The lowest BCUT2D eigenvalue weighted by Gasteiger charge is -2.10. The zero-order valence-electron chi connectivity index (χ0n) is 37.9. The molecule has 10 nitrogen and oxygen atoms in total. The van der Waals surface area contributed by atoms with Crippen LogP contribution in [0.15, 0.2) is 133 Å². The Bertz CT molecular complexity index is 1280. The summed E-state index contributed by atoms with van der Waals surface area (Å²) in [5, 5.41) is 0. The van der Waals surface area contributed by atoms with E-state index in [4.69, 9.17) is 28.4 Å². The average Bonchev–Trinajstić information content (AvgIpc) is 3.29. The second kappa shape index (κ2) is 50.7. The van der Waals surface area contributed by atoms with E-state index in [1.165, 1.54) is 14.0 Å². The molecule has 0 saturated carbocycles. The topological polar surface area (TPSA) is 102 Å². The third-order valence-electron chi connectivity index (χ3n) is 5.56. The SMILES string of the molecule is CC.CC.CC.CC.CC(=O)Oc1ccccc1.COCC(=CCN(C)C)COC(=O)OC.COc1ccccc1.COc1ccccc1.COc1ccccc1. The molecule has 57 heavy (non-hydrogen) atoms. The summed E-state index contributed by atoms with van der Waals surface area (Å²) in [5.41, 5.74) is 0.914. The molecule has 0 atom stereocenters. The lowest BCUT2D eigenvalue weighted by atomic mass is 10.3. The molecule has 0 aliphatic heterocycles. The molecule has 0 amide bonds. The number of carbonyl (C=O) groups is 2. The predicted molar refractivity (Wildman–Crippen MR) is 239 cm³/mol. The predicted octanol–water partition coefficient (Wildman–Crippen LogP) is 11.7. The van der Waals surface area contributed by atoms with Gasteiger partial charge in [-0.25, -0.2) is 4.79 Å². The van der Waals surface area contributed by atoms with Crippen LogP contribution in [0, 0.1) is 0 Å². The summed E-state index contributed by atoms with van der Waals surface area (Å²) in [6.45, 7) is 18.8. The Hall–Kier alpha value is -5.32. The molecule has 0 spiro atoms. The summed E-state index contributed by atoms with van der Waals surface area (Å²) in [7, 11) is 11.8. The molecule has 10 heteroatoms. The number of methoxy groups -OCH3 is 5. The summed E-state index contributed by atoms with van der Waals surface area (Å²) in [6, 6.07) is 38.0. The van der Waals surface area contributed by atoms with E-state index >= 15 is 0 Å². The molecule has 0 radical (unpaired) electrons. The molecule has 4 aromatic carbocycles. The van der Waals surface area contributed by atoms with Crippen LogP contribution in [0.1, 0.15) is 62.3 Å². The summed E-state index contributed by atoms with van der Waals surface area (Å²) >= 11 is 0. The van der Waals surface area contributed by atoms with Crippen LogP contribution in [0.5, 0.6) is 23.0 Å². The molecule has 0 fully saturated rings. The van der Waals surface area contributed by atoms with E-state index in [1.54, 1.807) is 40.6 Å². The van der Waals surface area contributed by atoms with E-state index in [2.05, 4.69) is 4.74 Å². The number of benzene rings is 4. The van der Waals surface area contributed by atoms with Crippen LogP contribution in [0.3, 0.4) is 0 Å². The monoisotopic (exact) mass is 798 g/mol. The smallest absolute Gasteiger partial charge is 0.497 e. The Labute approximate surface area is 346 Å². The van der Waals surface area contributed by atoms with Crippen molar-refractivity contribution in [3.05, 3.63) is 133 Å². The van der Waals surface area contributed by atoms with E-state index in [0.717, 1.165) is 29.4 Å². The standard InChI is InChI=1S/C10H19NO4.C8H8O2.3C7H8O.4C2H6/c1-11(2)6-5-9(7-13-3)8-15-10(12)14-4;1-7(9)10-8-5-3-2-4-6-8;3*1-8-7-5-3-2-4-6-7;4*1-2/h5H,6-8H2,1-4H3;2-6H,1H3;3*2-6H,1H3;4*1-2H3. The average molecular weight is 798 g/mol. The Morgan fingerprint density at radius 2 is 0.825 bits per heavy atom. The molecule has 322 valence electrons. The number of esters is 1. The van der Waals surface area contributed by atoms with Gasteiger partial charge in [-0.1, -0.05) is 134 Å². The normalized spacial score (nSPS) is 8.68. The minimum Gasteiger partial charge on any atom is -0.497 e. The van der Waals surface area contributed by atoms with Gasteiger partial charge in [-0.3, -0.25) is 4.79 Å². The molecular formula is C47H75NO9. The van der Waals surface area contributed by atoms with E-state index in [9.17, 15) is 9.59 Å². The van der Waals surface area contributed by atoms with Gasteiger partial charge < -0.3 is 38.1 Å². The van der Waals surface area contributed by atoms with E-state index in [-0.39, 0.29) is 12.6 Å². The molecule has 0 aliphatic carbocycles. The first kappa shape index (κ1) is 60.9. The maximum atomic E-state index is 10.7. The largest absolute Gasteiger partial charge is 0.508 e. The lowest BCUT2D eigenvalue weighted by molar-refractivity contribution is -0.131. The molecule has 0 aliphatic rings. The maximum absolute atomic E-state index is 10.7. The van der Waals surface area contributed by atoms with Crippen LogP contribution in [0.4, 0.5) is 4.79 Å². The lowest BCUT2D eigenvalue weighted by Crippen LogP contribution is -2.15. The minimum atomic E-state index is -0.679. The van der Waals surface area contributed by atoms with Crippen molar-refractivity contribution in [1.29, 1.82) is 0 Å². The third kappa shape index (κ3) is 45.0. The molecule has 0 bridgehead atoms. The minimum absolute atomic E-state index is 0.203. The first-order valence-electron chi connectivity index (χ1n) is 19.2. The van der Waals surface area contributed by atoms with Gasteiger partial charge in [0.15, 0.2) is 0 Å². The second-order valence-corrected chi connectivity index (χ2v) is 9.76. The van der Waals surface area contributed by atoms with Gasteiger partial charge in [0.25, 0.3) is 0 Å². The van der Waals surface area contributed by atoms with Gasteiger partial charge in [0.05, 0.1) is 35.0 Å². The fraction of sp³-hybridized carbons (Fsp3) is 0.404. The van der Waals surface area contributed by atoms with Crippen LogP contribution >= 0.6 is 0 Å². The van der Waals surface area contributed by atoms with Gasteiger partial charge in [0.2, 0.25) is 0 Å². The van der Waals surface area contributed by atoms with Gasteiger partial charge >= 0.3 is 12.1 Å². The highest BCUT2D eigenvalue weighted by molar-refractivity contribution is 5.69. The van der Waals surface area contributed by atoms with Crippen molar-refractivity contribution in [3.8, 4) is 23.0 Å². The summed E-state index contributed by atoms with van der Waals surface area (Å²) in [5.74, 6) is 3.04. The van der Waals surface area contributed by atoms with Crippen LogP contribution in [0.25, 0.3) is 0 Å². The number of ether oxygens (including phenoxy) is 7. The molecule has 4 rings (SSSR count). The van der Waals surface area contributed by atoms with Crippen LogP contribution in [-0.4, -0.2) is 86.4 Å². The van der Waals surface area contributed by atoms with Crippen molar-refractivity contribution < 1.29 is 42.7 Å². The quantitative estimate of drug-likeness (QED) is 0.0875. The summed E-state index contributed by atoms with van der Waals surface area (Å²) < 4.78 is 33.7. The molecule has 0 aromatic heterocycles. The Morgan fingerprint density at radius 1 is 0.509 bits per heavy atom. The summed E-state index contributed by atoms with van der Waals surface area (Å²) in [4.78, 5) is 23.1. The Kier molecular flexibility index (Phi) is 54.2. The first-order valence-corrected chi connectivity index (χ1v) is 19.2. The van der Waals surface area contributed by atoms with Crippen molar-refractivity contribution >= 4 is 12.1 Å². The Morgan fingerprint density at radius 3 is 1.05 bits per heavy atom. The van der Waals surface area contributed by atoms with Gasteiger partial charge in [-0.05, 0) is 68.2 Å². The van der Waals surface area contributed by atoms with Crippen LogP contribution in [0.2, 0.25) is 0 Å². The number of hydrogen-bond acceptors (Lipinski definition) is 10. The van der Waals surface area contributed by atoms with E-state index < -0.39 is 6.16 Å². The first-order chi connectivity index (χ1) is 27.7. The summed E-state index contributed by atoms with van der Waals surface area (Å²) in [6.07, 6.45) is 1.29. The van der Waals surface area contributed by atoms with Crippen molar-refractivity contribution in [2.75, 3.05) is 69.4 Å². The highest BCUT2D eigenvalue weighted by Crippen LogP contribution is 2.08. The van der Waals surface area contributed by atoms with Gasteiger partial charge in [0, 0.05) is 20.6 Å². The fourth-order valence-electron chi connectivity index (χ4n) is 3.19. The zero-order valence-corrected chi connectivity index (χ0v) is 37.9. The van der Waals surface area contributed by atoms with E-state index in [0.29, 0.717) is 12.4 Å². The van der Waals surface area contributed by atoms with Crippen LogP contribution in [-0.2, 0) is 19.0 Å². The number of likely N-dealkylation sites (N-methyl/N-ethyl adjacent to an activating group) is 1. The van der Waals surface area contributed by atoms with Gasteiger partial charge in [-0.15, -0.1) is 0 Å². The van der Waals surface area contributed by atoms with Crippen molar-refractivity contribution in [2.45, 2.75) is 62.3 Å². The number of nitrogens with zero attached hydrogens (tertiary/aromatic N) is 1. The second-order valence-electron chi connectivity index (χ2n) is 9.76. The number of hydrogen-bond donors (Lipinski definition) is 0. The molecule has 0 unspecified atom stereocenters.